The van der Waals surface area contributed by atoms with E-state index in [1.54, 1.807) is 18.2 Å². The molecule has 2 aromatic carbocycles. The van der Waals surface area contributed by atoms with E-state index in [2.05, 4.69) is 0 Å². The Morgan fingerprint density at radius 2 is 1.89 bits per heavy atom. The van der Waals surface area contributed by atoms with Gasteiger partial charge >= 0.3 is 0 Å². The maximum Gasteiger partial charge on any atom is 0.167 e. The van der Waals surface area contributed by atoms with E-state index in [4.69, 9.17) is 28.9 Å². The fourth-order valence-corrected chi connectivity index (χ4v) is 2.39. The van der Waals surface area contributed by atoms with Crippen LogP contribution in [0, 0.1) is 6.92 Å². The number of ketones is 1. The molecule has 19 heavy (non-hydrogen) atoms. The molecule has 2 nitrogen and oxygen atoms in total. The number of benzene rings is 2. The summed E-state index contributed by atoms with van der Waals surface area (Å²) >= 11 is 12.0. The zero-order chi connectivity index (χ0) is 14.0. The number of nitrogens with two attached hydrogens (primary N) is 1. The number of halogens is 2. The van der Waals surface area contributed by atoms with Crippen molar-refractivity contribution in [3.05, 3.63) is 63.1 Å². The summed E-state index contributed by atoms with van der Waals surface area (Å²) in [5.74, 6) is -0.0556. The van der Waals surface area contributed by atoms with Crippen molar-refractivity contribution in [3.8, 4) is 0 Å². The summed E-state index contributed by atoms with van der Waals surface area (Å²) in [6, 6.07) is 10.5. The molecule has 0 radical (unpaired) electrons. The Labute approximate surface area is 122 Å². The van der Waals surface area contributed by atoms with Gasteiger partial charge in [0.1, 0.15) is 0 Å². The summed E-state index contributed by atoms with van der Waals surface area (Å²) in [5, 5.41) is 1.06. The lowest BCUT2D eigenvalue weighted by atomic mass is 10.0. The van der Waals surface area contributed by atoms with Crippen LogP contribution in [0.15, 0.2) is 36.4 Å². The van der Waals surface area contributed by atoms with Crippen LogP contribution in [0.5, 0.6) is 0 Å². The first-order valence-electron chi connectivity index (χ1n) is 5.80. The van der Waals surface area contributed by atoms with E-state index in [-0.39, 0.29) is 12.2 Å². The minimum absolute atomic E-state index is 0.0556. The van der Waals surface area contributed by atoms with Crippen molar-refractivity contribution in [3.63, 3.8) is 0 Å². The van der Waals surface area contributed by atoms with Gasteiger partial charge in [0.2, 0.25) is 0 Å². The van der Waals surface area contributed by atoms with Crippen molar-refractivity contribution in [2.24, 2.45) is 0 Å². The summed E-state index contributed by atoms with van der Waals surface area (Å²) in [7, 11) is 0. The number of aryl methyl sites for hydroxylation is 1. The van der Waals surface area contributed by atoms with Crippen molar-refractivity contribution in [1.82, 2.24) is 0 Å². The first-order valence-corrected chi connectivity index (χ1v) is 6.55. The third kappa shape index (κ3) is 3.49. The molecule has 0 amide bonds. The normalized spacial score (nSPS) is 10.5. The lowest BCUT2D eigenvalue weighted by molar-refractivity contribution is 0.0993. The molecule has 2 aromatic rings. The number of Topliss-reactive ketones (excluding diaryl/α,β-unsaturated/α-hetero) is 1. The third-order valence-electron chi connectivity index (χ3n) is 2.80. The monoisotopic (exact) mass is 293 g/mol. The Morgan fingerprint density at radius 1 is 1.16 bits per heavy atom. The number of carbonyl (C=O) groups excluding carboxylic acids is 1. The van der Waals surface area contributed by atoms with Crippen LogP contribution in [-0.4, -0.2) is 5.78 Å². The van der Waals surface area contributed by atoms with E-state index in [0.29, 0.717) is 21.3 Å². The smallest absolute Gasteiger partial charge is 0.167 e. The fourth-order valence-electron chi connectivity index (χ4n) is 1.84. The summed E-state index contributed by atoms with van der Waals surface area (Å²) < 4.78 is 0. The predicted octanol–water partition coefficient (Wildman–Crippen LogP) is 4.31. The number of anilines is 1. The Balaban J connectivity index is 2.25. The van der Waals surface area contributed by atoms with Crippen molar-refractivity contribution in [2.45, 2.75) is 13.3 Å². The zero-order valence-corrected chi connectivity index (χ0v) is 11.9. The second-order valence-corrected chi connectivity index (χ2v) is 5.31. The summed E-state index contributed by atoms with van der Waals surface area (Å²) in [6.07, 6.45) is 0.235. The molecule has 0 saturated carbocycles. The van der Waals surface area contributed by atoms with Crippen molar-refractivity contribution >= 4 is 34.7 Å². The highest BCUT2D eigenvalue weighted by atomic mass is 35.5. The molecule has 0 aliphatic rings. The van der Waals surface area contributed by atoms with Gasteiger partial charge in [-0.25, -0.2) is 0 Å². The van der Waals surface area contributed by atoms with Gasteiger partial charge in [0, 0.05) is 27.7 Å². The van der Waals surface area contributed by atoms with Gasteiger partial charge in [-0.1, -0.05) is 35.3 Å². The highest BCUT2D eigenvalue weighted by molar-refractivity contribution is 6.32. The molecule has 0 aliphatic heterocycles. The van der Waals surface area contributed by atoms with Gasteiger partial charge in [-0.05, 0) is 42.3 Å². The molecule has 0 atom stereocenters. The van der Waals surface area contributed by atoms with E-state index < -0.39 is 0 Å². The molecule has 0 saturated heterocycles. The quantitative estimate of drug-likeness (QED) is 0.677. The molecular weight excluding hydrogens is 281 g/mol. The topological polar surface area (TPSA) is 43.1 Å². The van der Waals surface area contributed by atoms with Gasteiger partial charge in [-0.3, -0.25) is 4.79 Å². The van der Waals surface area contributed by atoms with Crippen molar-refractivity contribution in [2.75, 3.05) is 5.73 Å². The molecule has 0 fully saturated rings. The van der Waals surface area contributed by atoms with Gasteiger partial charge in [0.05, 0.1) is 0 Å². The molecule has 0 aliphatic carbocycles. The molecule has 0 bridgehead atoms. The molecule has 0 unspecified atom stereocenters. The predicted molar refractivity (Wildman–Crippen MR) is 80.1 cm³/mol. The Morgan fingerprint density at radius 3 is 2.53 bits per heavy atom. The van der Waals surface area contributed by atoms with Crippen LogP contribution < -0.4 is 5.73 Å². The third-order valence-corrected chi connectivity index (χ3v) is 3.37. The lowest BCUT2D eigenvalue weighted by Gasteiger charge is -2.06. The molecular formula is C15H13Cl2NO. The summed E-state index contributed by atoms with van der Waals surface area (Å²) in [5.41, 5.74) is 8.52. The SMILES string of the molecule is Cc1ccc(CC(=O)c2cc(N)cc(Cl)c2)c(Cl)c1. The van der Waals surface area contributed by atoms with Gasteiger partial charge in [-0.15, -0.1) is 0 Å². The first-order chi connectivity index (χ1) is 8.95. The molecule has 0 heterocycles. The molecule has 4 heteroatoms. The number of rotatable bonds is 3. The van der Waals surface area contributed by atoms with E-state index >= 15 is 0 Å². The van der Waals surface area contributed by atoms with Crippen molar-refractivity contribution in [1.29, 1.82) is 0 Å². The van der Waals surface area contributed by atoms with Gasteiger partial charge < -0.3 is 5.73 Å². The number of hydrogen-bond acceptors (Lipinski definition) is 2. The van der Waals surface area contributed by atoms with E-state index in [1.807, 2.05) is 25.1 Å². The standard InChI is InChI=1S/C15H13Cl2NO/c1-9-2-3-10(14(17)4-9)7-15(19)11-5-12(16)8-13(18)6-11/h2-6,8H,7,18H2,1H3. The molecule has 0 spiro atoms. The zero-order valence-electron chi connectivity index (χ0n) is 10.4. The average molecular weight is 294 g/mol. The second-order valence-electron chi connectivity index (χ2n) is 4.47. The van der Waals surface area contributed by atoms with Crippen LogP contribution in [-0.2, 0) is 6.42 Å². The highest BCUT2D eigenvalue weighted by Crippen LogP contribution is 2.22. The van der Waals surface area contributed by atoms with Crippen molar-refractivity contribution < 1.29 is 4.79 Å². The van der Waals surface area contributed by atoms with Crippen LogP contribution in [0.4, 0.5) is 5.69 Å². The van der Waals surface area contributed by atoms with Crippen LogP contribution in [0.3, 0.4) is 0 Å². The van der Waals surface area contributed by atoms with Crippen LogP contribution in [0.2, 0.25) is 10.0 Å². The van der Waals surface area contributed by atoms with Gasteiger partial charge in [-0.2, -0.15) is 0 Å². The van der Waals surface area contributed by atoms with E-state index in [0.717, 1.165) is 11.1 Å². The molecule has 2 rings (SSSR count). The minimum Gasteiger partial charge on any atom is -0.399 e. The molecule has 98 valence electrons. The largest absolute Gasteiger partial charge is 0.399 e. The number of nitrogen functional groups attached to an aromatic ring is 1. The Bertz CT molecular complexity index is 618. The van der Waals surface area contributed by atoms with E-state index in [1.165, 1.54) is 0 Å². The van der Waals surface area contributed by atoms with Crippen LogP contribution in [0.25, 0.3) is 0 Å². The van der Waals surface area contributed by atoms with Gasteiger partial charge in [0.15, 0.2) is 5.78 Å². The average Bonchev–Trinajstić information content (AvgIpc) is 2.31. The lowest BCUT2D eigenvalue weighted by Crippen LogP contribution is -2.05. The maximum atomic E-state index is 12.2. The molecule has 2 N–H and O–H groups in total. The van der Waals surface area contributed by atoms with Gasteiger partial charge in [0.25, 0.3) is 0 Å². The number of hydrogen-bond donors (Lipinski definition) is 1. The van der Waals surface area contributed by atoms with Crippen LogP contribution >= 0.6 is 23.2 Å². The summed E-state index contributed by atoms with van der Waals surface area (Å²) in [4.78, 5) is 12.2. The summed E-state index contributed by atoms with van der Waals surface area (Å²) in [6.45, 7) is 1.95. The number of carbonyl (C=O) groups is 1. The minimum atomic E-state index is -0.0556. The van der Waals surface area contributed by atoms with E-state index in [9.17, 15) is 4.79 Å². The Kier molecular flexibility index (Phi) is 4.13. The highest BCUT2D eigenvalue weighted by Gasteiger charge is 2.11. The second kappa shape index (κ2) is 5.64. The maximum absolute atomic E-state index is 12.2. The fraction of sp³-hybridized carbons (Fsp3) is 0.133. The van der Waals surface area contributed by atoms with Crippen LogP contribution in [0.1, 0.15) is 21.5 Å². The first kappa shape index (κ1) is 13.9. The molecule has 0 aromatic heterocycles. The Hall–Kier alpha value is -1.51.